The third-order valence-electron chi connectivity index (χ3n) is 2.92. The SMILES string of the molecule is Cc1c(CO)cccc1S(=O)(=O)NCc1ccc(Br)s1. The van der Waals surface area contributed by atoms with E-state index in [9.17, 15) is 13.5 Å². The Morgan fingerprint density at radius 1 is 1.30 bits per heavy atom. The van der Waals surface area contributed by atoms with E-state index in [0.717, 1.165) is 8.66 Å². The van der Waals surface area contributed by atoms with Gasteiger partial charge in [0.05, 0.1) is 15.3 Å². The number of thiophene rings is 1. The zero-order chi connectivity index (χ0) is 14.8. The average Bonchev–Trinajstić information content (AvgIpc) is 2.82. The van der Waals surface area contributed by atoms with Crippen LogP contribution in [0.15, 0.2) is 39.0 Å². The van der Waals surface area contributed by atoms with Crippen molar-refractivity contribution in [3.05, 3.63) is 50.1 Å². The molecule has 0 amide bonds. The summed E-state index contributed by atoms with van der Waals surface area (Å²) in [6.45, 7) is 1.77. The number of hydrogen-bond donors (Lipinski definition) is 2. The van der Waals surface area contributed by atoms with Crippen LogP contribution >= 0.6 is 27.3 Å². The van der Waals surface area contributed by atoms with Crippen LogP contribution in [0.5, 0.6) is 0 Å². The molecule has 1 aromatic heterocycles. The molecule has 2 aromatic rings. The smallest absolute Gasteiger partial charge is 0.241 e. The van der Waals surface area contributed by atoms with E-state index in [1.165, 1.54) is 11.3 Å². The van der Waals surface area contributed by atoms with Gasteiger partial charge in [0.25, 0.3) is 0 Å². The predicted molar refractivity (Wildman–Crippen MR) is 83.1 cm³/mol. The Kier molecular flexibility index (Phi) is 4.98. The monoisotopic (exact) mass is 375 g/mol. The second-order valence-corrected chi connectivity index (χ2v) is 8.51. The number of sulfonamides is 1. The van der Waals surface area contributed by atoms with Gasteiger partial charge in [0, 0.05) is 11.4 Å². The summed E-state index contributed by atoms with van der Waals surface area (Å²) in [7, 11) is -3.58. The molecule has 0 radical (unpaired) electrons. The van der Waals surface area contributed by atoms with Gasteiger partial charge in [0.1, 0.15) is 0 Å². The molecule has 0 saturated carbocycles. The number of nitrogens with one attached hydrogen (secondary N) is 1. The van der Waals surface area contributed by atoms with E-state index in [-0.39, 0.29) is 18.0 Å². The second-order valence-electron chi connectivity index (χ2n) is 4.23. The number of aliphatic hydroxyl groups excluding tert-OH is 1. The van der Waals surface area contributed by atoms with Gasteiger partial charge in [0.15, 0.2) is 0 Å². The van der Waals surface area contributed by atoms with Crippen LogP contribution in [0.3, 0.4) is 0 Å². The first kappa shape index (κ1) is 15.7. The minimum Gasteiger partial charge on any atom is -0.392 e. The van der Waals surface area contributed by atoms with E-state index in [0.29, 0.717) is 11.1 Å². The molecule has 0 fully saturated rings. The molecule has 7 heteroatoms. The van der Waals surface area contributed by atoms with Crippen LogP contribution in [0, 0.1) is 6.92 Å². The van der Waals surface area contributed by atoms with Gasteiger partial charge in [-0.1, -0.05) is 12.1 Å². The highest BCUT2D eigenvalue weighted by Gasteiger charge is 2.18. The minimum atomic E-state index is -3.58. The molecule has 1 aromatic carbocycles. The molecule has 4 nitrogen and oxygen atoms in total. The van der Waals surface area contributed by atoms with E-state index < -0.39 is 10.0 Å². The maximum atomic E-state index is 12.3. The Morgan fingerprint density at radius 3 is 2.65 bits per heavy atom. The third kappa shape index (κ3) is 3.48. The van der Waals surface area contributed by atoms with Crippen LogP contribution in [0.1, 0.15) is 16.0 Å². The first-order chi connectivity index (χ1) is 9.44. The fourth-order valence-corrected chi connectivity index (χ4v) is 4.62. The van der Waals surface area contributed by atoms with Crippen LogP contribution in [-0.4, -0.2) is 13.5 Å². The molecule has 20 heavy (non-hydrogen) atoms. The van der Waals surface area contributed by atoms with Crippen molar-refractivity contribution in [3.8, 4) is 0 Å². The summed E-state index contributed by atoms with van der Waals surface area (Å²) in [5.41, 5.74) is 1.20. The first-order valence-corrected chi connectivity index (χ1v) is 8.96. The van der Waals surface area contributed by atoms with Gasteiger partial charge in [-0.2, -0.15) is 0 Å². The highest BCUT2D eigenvalue weighted by molar-refractivity contribution is 9.11. The number of rotatable bonds is 5. The van der Waals surface area contributed by atoms with Gasteiger partial charge >= 0.3 is 0 Å². The summed E-state index contributed by atoms with van der Waals surface area (Å²) in [4.78, 5) is 1.14. The summed E-state index contributed by atoms with van der Waals surface area (Å²) in [5, 5.41) is 9.20. The molecular weight excluding hydrogens is 362 g/mol. The molecule has 0 aliphatic rings. The maximum Gasteiger partial charge on any atom is 0.241 e. The topological polar surface area (TPSA) is 66.4 Å². The molecule has 1 heterocycles. The molecule has 2 rings (SSSR count). The average molecular weight is 376 g/mol. The van der Waals surface area contributed by atoms with Crippen molar-refractivity contribution in [1.29, 1.82) is 0 Å². The summed E-state index contributed by atoms with van der Waals surface area (Å²) in [6.07, 6.45) is 0. The molecule has 0 spiro atoms. The Labute approximate surface area is 130 Å². The number of halogens is 1. The molecule has 0 atom stereocenters. The Hall–Kier alpha value is -0.730. The molecule has 0 saturated heterocycles. The molecule has 0 aliphatic heterocycles. The van der Waals surface area contributed by atoms with Gasteiger partial charge in [0.2, 0.25) is 10.0 Å². The lowest BCUT2D eigenvalue weighted by Crippen LogP contribution is -2.23. The van der Waals surface area contributed by atoms with Crippen LogP contribution in [-0.2, 0) is 23.2 Å². The second kappa shape index (κ2) is 6.36. The van der Waals surface area contributed by atoms with Crippen molar-refractivity contribution < 1.29 is 13.5 Å². The number of hydrogen-bond acceptors (Lipinski definition) is 4. The Balaban J connectivity index is 2.22. The quantitative estimate of drug-likeness (QED) is 0.844. The normalized spacial score (nSPS) is 11.8. The highest BCUT2D eigenvalue weighted by atomic mass is 79.9. The molecule has 2 N–H and O–H groups in total. The summed E-state index contributed by atoms with van der Waals surface area (Å²) in [5.74, 6) is 0. The van der Waals surface area contributed by atoms with E-state index in [4.69, 9.17) is 0 Å². The summed E-state index contributed by atoms with van der Waals surface area (Å²) < 4.78 is 28.1. The fraction of sp³-hybridized carbons (Fsp3) is 0.231. The summed E-state index contributed by atoms with van der Waals surface area (Å²) in [6, 6.07) is 8.64. The van der Waals surface area contributed by atoms with Gasteiger partial charge in [-0.3, -0.25) is 0 Å². The van der Waals surface area contributed by atoms with Crippen molar-refractivity contribution in [1.82, 2.24) is 4.72 Å². The van der Waals surface area contributed by atoms with Gasteiger partial charge in [-0.25, -0.2) is 13.1 Å². The first-order valence-electron chi connectivity index (χ1n) is 5.87. The summed E-state index contributed by atoms with van der Waals surface area (Å²) >= 11 is 4.83. The largest absolute Gasteiger partial charge is 0.392 e. The lowest BCUT2D eigenvalue weighted by atomic mass is 10.1. The molecular formula is C13H14BrNO3S2. The van der Waals surface area contributed by atoms with Gasteiger partial charge < -0.3 is 5.11 Å². The van der Waals surface area contributed by atoms with Crippen LogP contribution in [0.2, 0.25) is 0 Å². The minimum absolute atomic E-state index is 0.174. The fourth-order valence-electron chi connectivity index (χ4n) is 1.81. The van der Waals surface area contributed by atoms with E-state index in [1.54, 1.807) is 25.1 Å². The Bertz CT molecular complexity index is 710. The molecule has 108 valence electrons. The highest BCUT2D eigenvalue weighted by Crippen LogP contribution is 2.23. The van der Waals surface area contributed by atoms with E-state index in [2.05, 4.69) is 20.7 Å². The standard InChI is InChI=1S/C13H14BrNO3S2/c1-9-10(8-16)3-2-4-12(9)20(17,18)15-7-11-5-6-13(14)19-11/h2-6,15-16H,7-8H2,1H3. The zero-order valence-electron chi connectivity index (χ0n) is 10.8. The van der Waals surface area contributed by atoms with Gasteiger partial charge in [-0.05, 0) is 52.2 Å². The van der Waals surface area contributed by atoms with Crippen molar-refractivity contribution in [2.24, 2.45) is 0 Å². The van der Waals surface area contributed by atoms with Crippen molar-refractivity contribution >= 4 is 37.3 Å². The van der Waals surface area contributed by atoms with Crippen molar-refractivity contribution in [2.45, 2.75) is 25.0 Å². The van der Waals surface area contributed by atoms with Gasteiger partial charge in [-0.15, -0.1) is 11.3 Å². The third-order valence-corrected chi connectivity index (χ3v) is 6.09. The van der Waals surface area contributed by atoms with Crippen LogP contribution in [0.4, 0.5) is 0 Å². The Morgan fingerprint density at radius 2 is 2.05 bits per heavy atom. The molecule has 0 unspecified atom stereocenters. The lowest BCUT2D eigenvalue weighted by Gasteiger charge is -2.11. The molecule has 0 bridgehead atoms. The van der Waals surface area contributed by atoms with Crippen LogP contribution in [0.25, 0.3) is 0 Å². The zero-order valence-corrected chi connectivity index (χ0v) is 14.0. The van der Waals surface area contributed by atoms with Crippen molar-refractivity contribution in [3.63, 3.8) is 0 Å². The van der Waals surface area contributed by atoms with Crippen molar-refractivity contribution in [2.75, 3.05) is 0 Å². The lowest BCUT2D eigenvalue weighted by molar-refractivity contribution is 0.280. The molecule has 0 aliphatic carbocycles. The van der Waals surface area contributed by atoms with Crippen LogP contribution < -0.4 is 4.72 Å². The predicted octanol–water partition coefficient (Wildman–Crippen LogP) is 2.79. The number of benzene rings is 1. The number of aliphatic hydroxyl groups is 1. The van der Waals surface area contributed by atoms with E-state index >= 15 is 0 Å². The van der Waals surface area contributed by atoms with E-state index in [1.807, 2.05) is 12.1 Å². The maximum absolute atomic E-state index is 12.3.